The van der Waals surface area contributed by atoms with Crippen LogP contribution in [-0.2, 0) is 18.4 Å². The van der Waals surface area contributed by atoms with Crippen LogP contribution in [0.4, 0.5) is 0 Å². The summed E-state index contributed by atoms with van der Waals surface area (Å²) >= 11 is 0. The molecule has 6 heteroatoms. The fourth-order valence-corrected chi connectivity index (χ4v) is 2.60. The summed E-state index contributed by atoms with van der Waals surface area (Å²) in [4.78, 5) is 11.5. The quantitative estimate of drug-likeness (QED) is 0.705. The highest BCUT2D eigenvalue weighted by molar-refractivity contribution is 7.54. The molecule has 0 saturated carbocycles. The molecule has 0 aromatic carbocycles. The predicted octanol–water partition coefficient (Wildman–Crippen LogP) is 2.37. The lowest BCUT2D eigenvalue weighted by atomic mass is 10.2. The highest BCUT2D eigenvalue weighted by Crippen LogP contribution is 2.51. The molecule has 1 N–H and O–H groups in total. The third kappa shape index (κ3) is 4.64. The van der Waals surface area contributed by atoms with Gasteiger partial charge in [-0.05, 0) is 20.8 Å². The normalized spacial score (nSPS) is 13.9. The lowest BCUT2D eigenvalue weighted by Crippen LogP contribution is -2.36. The van der Waals surface area contributed by atoms with Crippen molar-refractivity contribution >= 4 is 13.5 Å². The van der Waals surface area contributed by atoms with E-state index in [0.29, 0.717) is 13.2 Å². The van der Waals surface area contributed by atoms with Crippen molar-refractivity contribution in [3.8, 4) is 0 Å². The van der Waals surface area contributed by atoms with Gasteiger partial charge in [0.1, 0.15) is 5.78 Å². The van der Waals surface area contributed by atoms with E-state index in [4.69, 9.17) is 9.05 Å². The first-order chi connectivity index (χ1) is 7.37. The molecule has 0 aromatic heterocycles. The van der Waals surface area contributed by atoms with Gasteiger partial charge in [0, 0.05) is 5.92 Å². The maximum atomic E-state index is 12.2. The van der Waals surface area contributed by atoms with Gasteiger partial charge in [-0.25, -0.2) is 0 Å². The zero-order chi connectivity index (χ0) is 12.8. The number of rotatable bonds is 7. The molecule has 0 aliphatic rings. The van der Waals surface area contributed by atoms with Crippen molar-refractivity contribution in [2.24, 2.45) is 5.92 Å². The van der Waals surface area contributed by atoms with Gasteiger partial charge in [0.15, 0.2) is 0 Å². The Hall–Kier alpha value is -0.380. The molecular weight excluding hydrogens is 229 g/mol. The molecule has 96 valence electrons. The van der Waals surface area contributed by atoms with Crippen LogP contribution in [0.3, 0.4) is 0 Å². The van der Waals surface area contributed by atoms with Crippen molar-refractivity contribution in [3.05, 3.63) is 0 Å². The molecule has 0 spiro atoms. The van der Waals surface area contributed by atoms with Crippen LogP contribution in [0.15, 0.2) is 0 Å². The fraction of sp³-hybridized carbons (Fsp3) is 0.900. The van der Waals surface area contributed by atoms with E-state index in [1.54, 1.807) is 34.6 Å². The van der Waals surface area contributed by atoms with Gasteiger partial charge in [-0.1, -0.05) is 13.8 Å². The van der Waals surface area contributed by atoms with E-state index in [2.05, 4.69) is 5.32 Å². The van der Waals surface area contributed by atoms with Crippen molar-refractivity contribution in [3.63, 3.8) is 0 Å². The molecule has 0 fully saturated rings. The van der Waals surface area contributed by atoms with Crippen molar-refractivity contribution in [1.29, 1.82) is 0 Å². The molecule has 0 bridgehead atoms. The first-order valence-electron chi connectivity index (χ1n) is 5.56. The van der Waals surface area contributed by atoms with Gasteiger partial charge >= 0.3 is 7.60 Å². The number of nitrogens with one attached hydrogen (secondary N) is 1. The molecular formula is C10H22NO4P. The zero-order valence-corrected chi connectivity index (χ0v) is 11.5. The number of amides is 1. The van der Waals surface area contributed by atoms with E-state index < -0.39 is 13.4 Å². The highest BCUT2D eigenvalue weighted by Gasteiger charge is 2.33. The van der Waals surface area contributed by atoms with Gasteiger partial charge in [0.2, 0.25) is 5.91 Å². The summed E-state index contributed by atoms with van der Waals surface area (Å²) in [5.41, 5.74) is 0. The molecule has 1 amide bonds. The van der Waals surface area contributed by atoms with Crippen molar-refractivity contribution in [2.75, 3.05) is 13.2 Å². The number of hydrogen-bond acceptors (Lipinski definition) is 4. The Balaban J connectivity index is 4.56. The summed E-state index contributed by atoms with van der Waals surface area (Å²) < 4.78 is 22.5. The van der Waals surface area contributed by atoms with E-state index in [0.717, 1.165) is 0 Å². The molecule has 0 aliphatic heterocycles. The number of carbonyl (C=O) groups is 1. The van der Waals surface area contributed by atoms with Gasteiger partial charge in [-0.2, -0.15) is 0 Å². The van der Waals surface area contributed by atoms with Crippen LogP contribution < -0.4 is 5.32 Å². The summed E-state index contributed by atoms with van der Waals surface area (Å²) in [7, 11) is -3.24. The molecule has 1 unspecified atom stereocenters. The van der Waals surface area contributed by atoms with Crippen LogP contribution in [0.25, 0.3) is 0 Å². The van der Waals surface area contributed by atoms with E-state index in [9.17, 15) is 9.36 Å². The lowest BCUT2D eigenvalue weighted by molar-refractivity contribution is -0.124. The van der Waals surface area contributed by atoms with Crippen LogP contribution in [0.2, 0.25) is 0 Å². The van der Waals surface area contributed by atoms with Crippen LogP contribution >= 0.6 is 7.60 Å². The zero-order valence-electron chi connectivity index (χ0n) is 10.6. The average Bonchev–Trinajstić information content (AvgIpc) is 2.18. The summed E-state index contributed by atoms with van der Waals surface area (Å²) in [6.07, 6.45) is 0. The van der Waals surface area contributed by atoms with Gasteiger partial charge < -0.3 is 14.4 Å². The van der Waals surface area contributed by atoms with Gasteiger partial charge in [0.25, 0.3) is 0 Å². The standard InChI is InChI=1S/C10H22NO4P/c1-6-14-16(13,15-7-2)9(5)11-10(12)8(3)4/h8-9H,6-7H2,1-5H3,(H,11,12). The minimum Gasteiger partial charge on any atom is -0.342 e. The Morgan fingerprint density at radius 2 is 1.62 bits per heavy atom. The maximum absolute atomic E-state index is 12.2. The van der Waals surface area contributed by atoms with Crippen LogP contribution in [-0.4, -0.2) is 24.9 Å². The van der Waals surface area contributed by atoms with Crippen LogP contribution in [0.1, 0.15) is 34.6 Å². The lowest BCUT2D eigenvalue weighted by Gasteiger charge is -2.24. The molecule has 5 nitrogen and oxygen atoms in total. The maximum Gasteiger partial charge on any atom is 0.352 e. The molecule has 0 saturated heterocycles. The first-order valence-corrected chi connectivity index (χ1v) is 7.17. The Bertz CT molecular complexity index is 258. The predicted molar refractivity (Wildman–Crippen MR) is 63.3 cm³/mol. The second-order valence-corrected chi connectivity index (χ2v) is 6.09. The van der Waals surface area contributed by atoms with Crippen molar-refractivity contribution < 1.29 is 18.4 Å². The van der Waals surface area contributed by atoms with Gasteiger partial charge in [0.05, 0.1) is 13.2 Å². The molecule has 0 aromatic rings. The molecule has 0 radical (unpaired) electrons. The Kier molecular flexibility index (Phi) is 6.88. The summed E-state index contributed by atoms with van der Waals surface area (Å²) in [6, 6.07) is 0. The third-order valence-electron chi connectivity index (χ3n) is 1.97. The monoisotopic (exact) mass is 251 g/mol. The Morgan fingerprint density at radius 3 is 1.94 bits per heavy atom. The van der Waals surface area contributed by atoms with E-state index >= 15 is 0 Å². The minimum atomic E-state index is -3.24. The summed E-state index contributed by atoms with van der Waals surface area (Å²) in [5, 5.41) is 2.64. The molecule has 0 aliphatic carbocycles. The number of carbonyl (C=O) groups excluding carboxylic acids is 1. The Labute approximate surface area is 97.4 Å². The smallest absolute Gasteiger partial charge is 0.342 e. The number of hydrogen-bond donors (Lipinski definition) is 1. The largest absolute Gasteiger partial charge is 0.352 e. The molecule has 16 heavy (non-hydrogen) atoms. The summed E-state index contributed by atoms with van der Waals surface area (Å²) in [5.74, 6) is -0.936. The SMILES string of the molecule is CCOP(=O)(OCC)C(C)NC(=O)C(C)C. The van der Waals surface area contributed by atoms with Crippen molar-refractivity contribution in [1.82, 2.24) is 5.32 Å². The average molecular weight is 251 g/mol. The van der Waals surface area contributed by atoms with Gasteiger partial charge in [-0.3, -0.25) is 9.36 Å². The molecule has 0 rings (SSSR count). The molecule has 1 atom stereocenters. The van der Waals surface area contributed by atoms with Gasteiger partial charge in [-0.15, -0.1) is 0 Å². The first kappa shape index (κ1) is 15.6. The Morgan fingerprint density at radius 1 is 1.19 bits per heavy atom. The second-order valence-electron chi connectivity index (χ2n) is 3.71. The highest BCUT2D eigenvalue weighted by atomic mass is 31.2. The van der Waals surface area contributed by atoms with Crippen LogP contribution in [0, 0.1) is 5.92 Å². The van der Waals surface area contributed by atoms with E-state index in [1.807, 2.05) is 0 Å². The van der Waals surface area contributed by atoms with E-state index in [1.165, 1.54) is 0 Å². The second kappa shape index (κ2) is 7.05. The third-order valence-corrected chi connectivity index (χ3v) is 4.28. The van der Waals surface area contributed by atoms with E-state index in [-0.39, 0.29) is 11.8 Å². The summed E-state index contributed by atoms with van der Waals surface area (Å²) in [6.45, 7) is 9.23. The van der Waals surface area contributed by atoms with Crippen molar-refractivity contribution in [2.45, 2.75) is 40.4 Å². The molecule has 0 heterocycles. The minimum absolute atomic E-state index is 0.154. The van der Waals surface area contributed by atoms with Crippen LogP contribution in [0.5, 0.6) is 0 Å². The fourth-order valence-electron chi connectivity index (χ4n) is 1.07. The topological polar surface area (TPSA) is 64.6 Å².